The van der Waals surface area contributed by atoms with Gasteiger partial charge in [0.15, 0.2) is 0 Å². The third-order valence-electron chi connectivity index (χ3n) is 0.999. The molecule has 0 aliphatic rings. The number of aliphatic hydroxyl groups is 1. The predicted octanol–water partition coefficient (Wildman–Crippen LogP) is 0.950. The lowest BCUT2D eigenvalue weighted by molar-refractivity contribution is 0.181. The van der Waals surface area contributed by atoms with Gasteiger partial charge in [0.1, 0.15) is 0 Å². The number of aliphatic hydroxyl groups excluding tert-OH is 1. The van der Waals surface area contributed by atoms with Gasteiger partial charge in [0.05, 0.1) is 0 Å². The molecule has 0 atom stereocenters. The molecule has 0 amide bonds. The van der Waals surface area contributed by atoms with Crippen LogP contribution in [0, 0.1) is 5.41 Å². The van der Waals surface area contributed by atoms with E-state index in [1.165, 1.54) is 0 Å². The zero-order valence-electron chi connectivity index (χ0n) is 6.11. The molecule has 0 unspecified atom stereocenters. The molecule has 0 aromatic carbocycles. The summed E-state index contributed by atoms with van der Waals surface area (Å²) in [5, 5.41) is 8.74. The Balaban J connectivity index is 3.46. The molecule has 0 bridgehead atoms. The van der Waals surface area contributed by atoms with E-state index in [1.54, 1.807) is 0 Å². The quantitative estimate of drug-likeness (QED) is 0.569. The van der Waals surface area contributed by atoms with Gasteiger partial charge >= 0.3 is 0 Å². The molecule has 0 rings (SSSR count). The van der Waals surface area contributed by atoms with Crippen LogP contribution in [0.25, 0.3) is 0 Å². The van der Waals surface area contributed by atoms with Crippen molar-refractivity contribution in [1.29, 1.82) is 0 Å². The van der Waals surface area contributed by atoms with E-state index in [0.717, 1.165) is 11.4 Å². The van der Waals surface area contributed by atoms with Gasteiger partial charge in [-0.25, -0.2) is 0 Å². The molecule has 0 heterocycles. The summed E-state index contributed by atoms with van der Waals surface area (Å²) in [6, 6.07) is 0. The Morgan fingerprint density at radius 3 is 2.20 bits per heavy atom. The van der Waals surface area contributed by atoms with Crippen LogP contribution in [0.3, 0.4) is 0 Å². The maximum Gasteiger partial charge on any atom is 0.232 e. The minimum absolute atomic E-state index is 0.0726. The Morgan fingerprint density at radius 1 is 1.40 bits per heavy atom. The molecule has 0 radical (unpaired) electrons. The smallest absolute Gasteiger partial charge is 0.232 e. The van der Waals surface area contributed by atoms with Crippen molar-refractivity contribution in [2.75, 3.05) is 12.4 Å². The van der Waals surface area contributed by atoms with Crippen molar-refractivity contribution >= 4 is 19.0 Å². The van der Waals surface area contributed by atoms with Gasteiger partial charge in [0, 0.05) is 12.4 Å². The van der Waals surface area contributed by atoms with Crippen LogP contribution in [0.4, 0.5) is 0 Å². The van der Waals surface area contributed by atoms with E-state index >= 15 is 0 Å². The van der Waals surface area contributed by atoms with Crippen molar-refractivity contribution in [3.05, 3.63) is 0 Å². The van der Waals surface area contributed by atoms with Gasteiger partial charge in [-0.05, 0) is 5.41 Å². The fourth-order valence-electron chi connectivity index (χ4n) is 0.278. The van der Waals surface area contributed by atoms with Crippen molar-refractivity contribution in [1.82, 2.24) is 0 Å². The van der Waals surface area contributed by atoms with Crippen LogP contribution in [0.2, 0.25) is 0 Å². The van der Waals surface area contributed by atoms with Gasteiger partial charge < -0.3 is 14.9 Å². The van der Waals surface area contributed by atoms with Crippen LogP contribution in [-0.2, 0) is 0 Å². The zero-order chi connectivity index (χ0) is 8.20. The Labute approximate surface area is 66.1 Å². The lowest BCUT2D eigenvalue weighted by atomic mass is 9.98. The number of hydrogen-bond acceptors (Lipinski definition) is 4. The highest BCUT2D eigenvalue weighted by atomic mass is 32.7. The van der Waals surface area contributed by atoms with E-state index < -0.39 is 7.58 Å². The molecular formula is C5H13O3PS. The molecule has 5 heteroatoms. The standard InChI is InChI=1S/C5H13O3PS/c1-5(2,3-6)4-10-9(7)8/h6-8H,3-4H2,1-2H3. The summed E-state index contributed by atoms with van der Waals surface area (Å²) in [5.74, 6) is 0.572. The minimum atomic E-state index is -1.86. The van der Waals surface area contributed by atoms with Crippen LogP contribution < -0.4 is 0 Å². The normalized spacial score (nSPS) is 12.6. The molecule has 0 saturated carbocycles. The lowest BCUT2D eigenvalue weighted by Gasteiger charge is -2.20. The van der Waals surface area contributed by atoms with Gasteiger partial charge in [-0.2, -0.15) is 0 Å². The highest BCUT2D eigenvalue weighted by molar-refractivity contribution is 8.52. The Morgan fingerprint density at radius 2 is 1.90 bits per heavy atom. The van der Waals surface area contributed by atoms with E-state index in [1.807, 2.05) is 13.8 Å². The van der Waals surface area contributed by atoms with E-state index in [9.17, 15) is 0 Å². The summed E-state index contributed by atoms with van der Waals surface area (Å²) < 4.78 is 0. The van der Waals surface area contributed by atoms with E-state index in [4.69, 9.17) is 14.9 Å². The first-order valence-corrected chi connectivity index (χ1v) is 5.73. The summed E-state index contributed by atoms with van der Waals surface area (Å²) >= 11 is 1.08. The zero-order valence-corrected chi connectivity index (χ0v) is 7.82. The highest BCUT2D eigenvalue weighted by Gasteiger charge is 2.18. The maximum absolute atomic E-state index is 8.74. The maximum atomic E-state index is 8.74. The first-order chi connectivity index (χ1) is 4.48. The highest BCUT2D eigenvalue weighted by Crippen LogP contribution is 2.43. The molecule has 0 saturated heterocycles. The lowest BCUT2D eigenvalue weighted by Crippen LogP contribution is -2.19. The van der Waals surface area contributed by atoms with Gasteiger partial charge in [-0.3, -0.25) is 0 Å². The van der Waals surface area contributed by atoms with Gasteiger partial charge in [-0.1, -0.05) is 25.2 Å². The summed E-state index contributed by atoms with van der Waals surface area (Å²) in [6.07, 6.45) is 0. The monoisotopic (exact) mass is 184 g/mol. The average Bonchev–Trinajstić information content (AvgIpc) is 1.85. The predicted molar refractivity (Wildman–Crippen MR) is 44.7 cm³/mol. The first kappa shape index (κ1) is 10.7. The molecule has 0 spiro atoms. The van der Waals surface area contributed by atoms with E-state index in [-0.39, 0.29) is 12.0 Å². The minimum Gasteiger partial charge on any atom is -0.396 e. The van der Waals surface area contributed by atoms with Crippen LogP contribution >= 0.6 is 19.0 Å². The third-order valence-corrected chi connectivity index (χ3v) is 3.22. The molecule has 62 valence electrons. The van der Waals surface area contributed by atoms with Crippen LogP contribution in [0.5, 0.6) is 0 Å². The first-order valence-electron chi connectivity index (χ1n) is 2.89. The van der Waals surface area contributed by atoms with Crippen LogP contribution in [0.1, 0.15) is 13.8 Å². The van der Waals surface area contributed by atoms with Crippen molar-refractivity contribution in [3.8, 4) is 0 Å². The topological polar surface area (TPSA) is 60.7 Å². The average molecular weight is 184 g/mol. The van der Waals surface area contributed by atoms with Gasteiger partial charge in [0.2, 0.25) is 7.58 Å². The second kappa shape index (κ2) is 4.52. The molecule has 3 N–H and O–H groups in total. The van der Waals surface area contributed by atoms with E-state index in [2.05, 4.69) is 0 Å². The Hall–Kier alpha value is 0.660. The van der Waals surface area contributed by atoms with Crippen molar-refractivity contribution in [2.45, 2.75) is 13.8 Å². The van der Waals surface area contributed by atoms with Crippen LogP contribution in [0.15, 0.2) is 0 Å². The second-order valence-corrected chi connectivity index (χ2v) is 5.66. The number of rotatable bonds is 4. The molecule has 0 aromatic heterocycles. The molecule has 0 aromatic rings. The number of hydrogen-bond donors (Lipinski definition) is 3. The summed E-state index contributed by atoms with van der Waals surface area (Å²) in [6.45, 7) is 3.82. The molecule has 0 aliphatic carbocycles. The molecule has 3 nitrogen and oxygen atoms in total. The fraction of sp³-hybridized carbons (Fsp3) is 1.00. The van der Waals surface area contributed by atoms with Gasteiger partial charge in [0.25, 0.3) is 0 Å². The fourth-order valence-corrected chi connectivity index (χ4v) is 2.23. The molecule has 0 fully saturated rings. The van der Waals surface area contributed by atoms with Crippen molar-refractivity contribution in [3.63, 3.8) is 0 Å². The second-order valence-electron chi connectivity index (χ2n) is 2.85. The van der Waals surface area contributed by atoms with E-state index in [0.29, 0.717) is 5.75 Å². The summed E-state index contributed by atoms with van der Waals surface area (Å²) in [4.78, 5) is 17.0. The molecule has 0 aliphatic heterocycles. The molecular weight excluding hydrogens is 171 g/mol. The van der Waals surface area contributed by atoms with Crippen LogP contribution in [-0.4, -0.2) is 27.3 Å². The van der Waals surface area contributed by atoms with Crippen molar-refractivity contribution < 1.29 is 14.9 Å². The largest absolute Gasteiger partial charge is 0.396 e. The Kier molecular flexibility index (Phi) is 4.82. The van der Waals surface area contributed by atoms with Crippen molar-refractivity contribution in [2.24, 2.45) is 5.41 Å². The summed E-state index contributed by atoms with van der Waals surface area (Å²) in [5.41, 5.74) is -0.212. The Bertz CT molecular complexity index is 96.9. The van der Waals surface area contributed by atoms with Gasteiger partial charge in [-0.15, -0.1) is 0 Å². The SMILES string of the molecule is CC(C)(CO)CSP(O)O. The third kappa shape index (κ3) is 5.45. The molecule has 10 heavy (non-hydrogen) atoms. The summed E-state index contributed by atoms with van der Waals surface area (Å²) in [7, 11) is -1.86.